The molecule has 3 unspecified atom stereocenters. The van der Waals surface area contributed by atoms with E-state index in [9.17, 15) is 10.2 Å². The Labute approximate surface area is 94.0 Å². The fraction of sp³-hybridized carbons (Fsp3) is 1.00. The molecule has 1 saturated heterocycles. The number of hydrogen-bond donors (Lipinski definition) is 2. The van der Waals surface area contributed by atoms with Crippen molar-refractivity contribution in [3.63, 3.8) is 0 Å². The lowest BCUT2D eigenvalue weighted by molar-refractivity contribution is -0.219. The second-order valence-corrected chi connectivity index (χ2v) is 5.12. The van der Waals surface area contributed by atoms with Crippen LogP contribution in [0.2, 0.25) is 0 Å². The molecule has 0 amide bonds. The predicted molar refractivity (Wildman–Crippen MR) is 55.2 cm³/mol. The summed E-state index contributed by atoms with van der Waals surface area (Å²) in [5, 5.41) is 15.2. The minimum Gasteiger partial charge on any atom is -0.369 e. The standard InChI is InChI=1S/C9H16Cl2O3/c1-7-4-2-3-5-8(10,12)9(11,13)14-6-7/h7,12-13H,2-6H2,1H3. The normalized spacial score (nSPS) is 46.5. The number of halogens is 2. The summed E-state index contributed by atoms with van der Waals surface area (Å²) in [5.74, 6) is 0.311. The van der Waals surface area contributed by atoms with Crippen LogP contribution in [0.15, 0.2) is 0 Å². The molecule has 0 aliphatic carbocycles. The van der Waals surface area contributed by atoms with Crippen LogP contribution in [0.25, 0.3) is 0 Å². The summed E-state index contributed by atoms with van der Waals surface area (Å²) in [5.41, 5.74) is 0. The van der Waals surface area contributed by atoms with Gasteiger partial charge in [-0.3, -0.25) is 0 Å². The minimum absolute atomic E-state index is 0.223. The highest BCUT2D eigenvalue weighted by molar-refractivity contribution is 6.32. The van der Waals surface area contributed by atoms with E-state index in [-0.39, 0.29) is 6.42 Å². The largest absolute Gasteiger partial charge is 0.369 e. The highest BCUT2D eigenvalue weighted by Crippen LogP contribution is 2.38. The molecular formula is C9H16Cl2O3. The van der Waals surface area contributed by atoms with Crippen molar-refractivity contribution in [3.8, 4) is 0 Å². The van der Waals surface area contributed by atoms with Gasteiger partial charge in [-0.15, -0.1) is 0 Å². The molecule has 3 nitrogen and oxygen atoms in total. The van der Waals surface area contributed by atoms with Gasteiger partial charge in [0, 0.05) is 0 Å². The topological polar surface area (TPSA) is 49.7 Å². The Bertz CT molecular complexity index is 194. The first kappa shape index (κ1) is 12.5. The zero-order chi connectivity index (χ0) is 10.8. The first-order valence-electron chi connectivity index (χ1n) is 4.82. The van der Waals surface area contributed by atoms with E-state index < -0.39 is 10.3 Å². The van der Waals surface area contributed by atoms with Crippen LogP contribution < -0.4 is 0 Å². The Morgan fingerprint density at radius 2 is 1.93 bits per heavy atom. The third-order valence-corrected chi connectivity index (χ3v) is 3.45. The minimum atomic E-state index is -2.19. The number of hydrogen-bond acceptors (Lipinski definition) is 3. The second kappa shape index (κ2) is 4.54. The van der Waals surface area contributed by atoms with Crippen molar-refractivity contribution in [3.05, 3.63) is 0 Å². The number of aliphatic hydroxyl groups is 2. The van der Waals surface area contributed by atoms with Crippen LogP contribution >= 0.6 is 23.2 Å². The third kappa shape index (κ3) is 2.97. The fourth-order valence-electron chi connectivity index (χ4n) is 1.45. The summed E-state index contributed by atoms with van der Waals surface area (Å²) in [4.78, 5) is 0. The molecule has 0 saturated carbocycles. The Kier molecular flexibility index (Phi) is 4.06. The highest BCUT2D eigenvalue weighted by atomic mass is 35.5. The summed E-state index contributed by atoms with van der Waals surface area (Å²) < 4.78 is 5.02. The second-order valence-electron chi connectivity index (χ2n) is 3.98. The first-order chi connectivity index (χ1) is 6.35. The molecule has 1 rings (SSSR count). The molecule has 3 atom stereocenters. The number of alkyl halides is 2. The Balaban J connectivity index is 2.70. The van der Waals surface area contributed by atoms with E-state index >= 15 is 0 Å². The van der Waals surface area contributed by atoms with Crippen molar-refractivity contribution in [2.75, 3.05) is 6.61 Å². The number of rotatable bonds is 0. The molecular weight excluding hydrogens is 227 g/mol. The van der Waals surface area contributed by atoms with Crippen LogP contribution in [0.5, 0.6) is 0 Å². The molecule has 84 valence electrons. The van der Waals surface area contributed by atoms with Gasteiger partial charge in [0.25, 0.3) is 5.25 Å². The van der Waals surface area contributed by atoms with E-state index in [1.54, 1.807) is 0 Å². The molecule has 14 heavy (non-hydrogen) atoms. The van der Waals surface area contributed by atoms with Gasteiger partial charge in [-0.05, 0) is 25.2 Å². The summed E-state index contributed by atoms with van der Waals surface area (Å²) in [6, 6.07) is 0. The van der Waals surface area contributed by atoms with Gasteiger partial charge >= 0.3 is 0 Å². The smallest absolute Gasteiger partial charge is 0.290 e. The van der Waals surface area contributed by atoms with Crippen molar-refractivity contribution >= 4 is 23.2 Å². The average molecular weight is 243 g/mol. The van der Waals surface area contributed by atoms with E-state index in [1.807, 2.05) is 6.92 Å². The van der Waals surface area contributed by atoms with E-state index in [2.05, 4.69) is 0 Å². The maximum Gasteiger partial charge on any atom is 0.290 e. The van der Waals surface area contributed by atoms with Crippen LogP contribution in [0.4, 0.5) is 0 Å². The SMILES string of the molecule is CC1CCCCC(O)(Cl)C(O)(Cl)OC1. The van der Waals surface area contributed by atoms with Gasteiger partial charge in [0.15, 0.2) is 0 Å². The molecule has 1 aliphatic rings. The summed E-state index contributed by atoms with van der Waals surface area (Å²) in [7, 11) is 0. The lowest BCUT2D eigenvalue weighted by Gasteiger charge is -2.33. The molecule has 0 aromatic heterocycles. The van der Waals surface area contributed by atoms with Gasteiger partial charge in [0.2, 0.25) is 5.06 Å². The summed E-state index contributed by atoms with van der Waals surface area (Å²) >= 11 is 11.3. The van der Waals surface area contributed by atoms with Gasteiger partial charge in [-0.25, -0.2) is 0 Å². The van der Waals surface area contributed by atoms with Crippen molar-refractivity contribution in [2.45, 2.75) is 42.9 Å². The van der Waals surface area contributed by atoms with Crippen LogP contribution in [-0.4, -0.2) is 27.1 Å². The zero-order valence-corrected chi connectivity index (χ0v) is 9.68. The van der Waals surface area contributed by atoms with Crippen LogP contribution in [0.1, 0.15) is 32.6 Å². The molecule has 1 heterocycles. The molecule has 0 aromatic carbocycles. The van der Waals surface area contributed by atoms with E-state index in [1.165, 1.54) is 0 Å². The van der Waals surface area contributed by atoms with Crippen molar-refractivity contribution in [2.24, 2.45) is 5.92 Å². The number of ether oxygens (including phenoxy) is 1. The maximum atomic E-state index is 9.68. The average Bonchev–Trinajstić information content (AvgIpc) is 2.11. The van der Waals surface area contributed by atoms with E-state index in [0.29, 0.717) is 12.5 Å². The molecule has 2 N–H and O–H groups in total. The zero-order valence-electron chi connectivity index (χ0n) is 8.17. The van der Waals surface area contributed by atoms with Crippen LogP contribution in [0, 0.1) is 5.92 Å². The summed E-state index contributed by atoms with van der Waals surface area (Å²) in [6.07, 6.45) is 2.89. The van der Waals surface area contributed by atoms with Crippen molar-refractivity contribution in [1.82, 2.24) is 0 Å². The highest BCUT2D eigenvalue weighted by Gasteiger charge is 2.48. The van der Waals surface area contributed by atoms with Crippen LogP contribution in [-0.2, 0) is 4.74 Å². The van der Waals surface area contributed by atoms with Crippen molar-refractivity contribution < 1.29 is 14.9 Å². The van der Waals surface area contributed by atoms with Gasteiger partial charge < -0.3 is 14.9 Å². The monoisotopic (exact) mass is 242 g/mol. The lowest BCUT2D eigenvalue weighted by Crippen LogP contribution is -2.48. The Morgan fingerprint density at radius 1 is 1.29 bits per heavy atom. The third-order valence-electron chi connectivity index (χ3n) is 2.49. The fourth-order valence-corrected chi connectivity index (χ4v) is 1.80. The Morgan fingerprint density at radius 3 is 2.57 bits per heavy atom. The van der Waals surface area contributed by atoms with E-state index in [4.69, 9.17) is 27.9 Å². The molecule has 1 fully saturated rings. The van der Waals surface area contributed by atoms with Gasteiger partial charge in [0.1, 0.15) is 0 Å². The van der Waals surface area contributed by atoms with E-state index in [0.717, 1.165) is 19.3 Å². The van der Waals surface area contributed by atoms with Gasteiger partial charge in [-0.1, -0.05) is 36.5 Å². The molecule has 0 radical (unpaired) electrons. The molecule has 1 aliphatic heterocycles. The lowest BCUT2D eigenvalue weighted by atomic mass is 10.0. The van der Waals surface area contributed by atoms with Gasteiger partial charge in [-0.2, -0.15) is 0 Å². The van der Waals surface area contributed by atoms with Gasteiger partial charge in [0.05, 0.1) is 6.61 Å². The predicted octanol–water partition coefficient (Wildman–Crippen LogP) is 2.03. The Hall–Kier alpha value is 0.460. The molecule has 0 bridgehead atoms. The van der Waals surface area contributed by atoms with Crippen LogP contribution in [0.3, 0.4) is 0 Å². The first-order valence-corrected chi connectivity index (χ1v) is 5.57. The quantitative estimate of drug-likeness (QED) is 0.640. The molecule has 0 aromatic rings. The maximum absolute atomic E-state index is 9.68. The van der Waals surface area contributed by atoms with Crippen molar-refractivity contribution in [1.29, 1.82) is 0 Å². The molecule has 0 spiro atoms. The molecule has 5 heteroatoms. The summed E-state index contributed by atoms with van der Waals surface area (Å²) in [6.45, 7) is 2.31.